The predicted octanol–water partition coefficient (Wildman–Crippen LogP) is 1.64. The summed E-state index contributed by atoms with van der Waals surface area (Å²) in [5.74, 6) is 0.644. The summed E-state index contributed by atoms with van der Waals surface area (Å²) in [6.07, 6.45) is 3.59. The third-order valence-corrected chi connectivity index (χ3v) is 3.86. The first kappa shape index (κ1) is 20.2. The van der Waals surface area contributed by atoms with Gasteiger partial charge < -0.3 is 15.5 Å². The topological polar surface area (TPSA) is 66.6 Å². The van der Waals surface area contributed by atoms with Gasteiger partial charge in [0.05, 0.1) is 0 Å². The van der Waals surface area contributed by atoms with Crippen LogP contribution in [-0.2, 0) is 9.59 Å². The number of rotatable bonds is 8. The van der Waals surface area contributed by atoms with Gasteiger partial charge in [-0.15, -0.1) is 12.4 Å². The van der Waals surface area contributed by atoms with Gasteiger partial charge in [0.2, 0.25) is 11.8 Å². The van der Waals surface area contributed by atoms with Gasteiger partial charge in [0, 0.05) is 39.0 Å². The number of hydrogen-bond acceptors (Lipinski definition) is 3. The van der Waals surface area contributed by atoms with Gasteiger partial charge in [0.15, 0.2) is 0 Å². The van der Waals surface area contributed by atoms with Crippen molar-refractivity contribution >= 4 is 24.2 Å². The molecule has 0 aromatic heterocycles. The Morgan fingerprint density at radius 2 is 1.81 bits per heavy atom. The van der Waals surface area contributed by atoms with Gasteiger partial charge >= 0.3 is 0 Å². The third kappa shape index (κ3) is 6.66. The molecular formula is C15H30ClN3O2. The average Bonchev–Trinajstić information content (AvgIpc) is 2.93. The van der Waals surface area contributed by atoms with E-state index in [1.165, 1.54) is 0 Å². The molecule has 1 rings (SSSR count). The van der Waals surface area contributed by atoms with Crippen LogP contribution in [0.4, 0.5) is 0 Å². The molecule has 0 aromatic carbocycles. The second kappa shape index (κ2) is 10.9. The number of amides is 2. The highest BCUT2D eigenvalue weighted by Crippen LogP contribution is 2.16. The first-order valence-corrected chi connectivity index (χ1v) is 7.87. The van der Waals surface area contributed by atoms with Crippen molar-refractivity contribution in [2.75, 3.05) is 32.7 Å². The maximum absolute atomic E-state index is 12.1. The molecule has 1 saturated heterocycles. The minimum Gasteiger partial charge on any atom is -0.343 e. The number of nitrogens with zero attached hydrogens (tertiary/aromatic N) is 2. The molecule has 0 spiro atoms. The van der Waals surface area contributed by atoms with Crippen molar-refractivity contribution in [1.82, 2.24) is 9.80 Å². The highest BCUT2D eigenvalue weighted by molar-refractivity contribution is 5.85. The van der Waals surface area contributed by atoms with Crippen molar-refractivity contribution in [2.24, 2.45) is 11.7 Å². The van der Waals surface area contributed by atoms with Crippen LogP contribution in [0.25, 0.3) is 0 Å². The fourth-order valence-electron chi connectivity index (χ4n) is 2.68. The molecule has 2 amide bonds. The number of carbonyl (C=O) groups is 2. The van der Waals surface area contributed by atoms with Crippen molar-refractivity contribution in [3.05, 3.63) is 0 Å². The number of hydrogen-bond donors (Lipinski definition) is 1. The molecule has 0 aromatic rings. The molecule has 5 nitrogen and oxygen atoms in total. The number of nitrogens with two attached hydrogens (primary N) is 1. The molecule has 1 aliphatic rings. The van der Waals surface area contributed by atoms with Crippen molar-refractivity contribution < 1.29 is 9.59 Å². The summed E-state index contributed by atoms with van der Waals surface area (Å²) in [5, 5.41) is 0. The predicted molar refractivity (Wildman–Crippen MR) is 87.4 cm³/mol. The standard InChI is InChI=1S/C15H29N3O2.ClH/c1-3-8-17(9-4-2)14(19)5-6-15(20)18-10-7-13(11-16)12-18;/h13H,3-12,16H2,1-2H3;1H. The zero-order valence-corrected chi connectivity index (χ0v) is 14.2. The minimum atomic E-state index is 0. The maximum Gasteiger partial charge on any atom is 0.223 e. The van der Waals surface area contributed by atoms with Gasteiger partial charge in [-0.2, -0.15) is 0 Å². The quantitative estimate of drug-likeness (QED) is 0.739. The summed E-state index contributed by atoms with van der Waals surface area (Å²) >= 11 is 0. The smallest absolute Gasteiger partial charge is 0.223 e. The Balaban J connectivity index is 0.00000400. The lowest BCUT2D eigenvalue weighted by Gasteiger charge is -2.22. The number of halogens is 1. The van der Waals surface area contributed by atoms with Gasteiger partial charge in [-0.25, -0.2) is 0 Å². The van der Waals surface area contributed by atoms with E-state index < -0.39 is 0 Å². The lowest BCUT2D eigenvalue weighted by molar-refractivity contribution is -0.136. The molecule has 0 bridgehead atoms. The van der Waals surface area contributed by atoms with E-state index in [9.17, 15) is 9.59 Å². The summed E-state index contributed by atoms with van der Waals surface area (Å²) in [5.41, 5.74) is 5.63. The van der Waals surface area contributed by atoms with Crippen molar-refractivity contribution in [2.45, 2.75) is 46.0 Å². The van der Waals surface area contributed by atoms with Gasteiger partial charge in [-0.1, -0.05) is 13.8 Å². The fourth-order valence-corrected chi connectivity index (χ4v) is 2.68. The first-order valence-electron chi connectivity index (χ1n) is 7.87. The summed E-state index contributed by atoms with van der Waals surface area (Å²) in [4.78, 5) is 27.9. The molecule has 1 fully saturated rings. The molecule has 1 atom stereocenters. The molecule has 0 saturated carbocycles. The number of carbonyl (C=O) groups excluding carboxylic acids is 2. The van der Waals surface area contributed by atoms with Crippen LogP contribution in [0.15, 0.2) is 0 Å². The summed E-state index contributed by atoms with van der Waals surface area (Å²) in [6.45, 7) is 7.92. The first-order chi connectivity index (χ1) is 9.62. The molecule has 1 aliphatic heterocycles. The van der Waals surface area contributed by atoms with Crippen LogP contribution in [0.5, 0.6) is 0 Å². The molecule has 6 heteroatoms. The van der Waals surface area contributed by atoms with E-state index in [-0.39, 0.29) is 24.2 Å². The number of likely N-dealkylation sites (tertiary alicyclic amines) is 1. The van der Waals surface area contributed by atoms with Gasteiger partial charge in [-0.3, -0.25) is 9.59 Å². The maximum atomic E-state index is 12.1. The van der Waals surface area contributed by atoms with E-state index in [2.05, 4.69) is 13.8 Å². The molecule has 1 unspecified atom stereocenters. The van der Waals surface area contributed by atoms with Crippen LogP contribution >= 0.6 is 12.4 Å². The van der Waals surface area contributed by atoms with Crippen molar-refractivity contribution in [3.8, 4) is 0 Å². The fraction of sp³-hybridized carbons (Fsp3) is 0.867. The van der Waals surface area contributed by atoms with Gasteiger partial charge in [-0.05, 0) is 31.7 Å². The zero-order valence-electron chi connectivity index (χ0n) is 13.3. The van der Waals surface area contributed by atoms with Gasteiger partial charge in [0.25, 0.3) is 0 Å². The minimum absolute atomic E-state index is 0. The Bertz CT molecular complexity index is 320. The van der Waals surface area contributed by atoms with Crippen molar-refractivity contribution in [3.63, 3.8) is 0 Å². The second-order valence-electron chi connectivity index (χ2n) is 5.61. The third-order valence-electron chi connectivity index (χ3n) is 3.86. The lowest BCUT2D eigenvalue weighted by Crippen LogP contribution is -2.34. The molecule has 0 radical (unpaired) electrons. The van der Waals surface area contributed by atoms with Gasteiger partial charge in [0.1, 0.15) is 0 Å². The second-order valence-corrected chi connectivity index (χ2v) is 5.61. The monoisotopic (exact) mass is 319 g/mol. The normalized spacial score (nSPS) is 17.5. The SMILES string of the molecule is CCCN(CCC)C(=O)CCC(=O)N1CCC(CN)C1.Cl. The Morgan fingerprint density at radius 3 is 2.29 bits per heavy atom. The lowest BCUT2D eigenvalue weighted by atomic mass is 10.1. The van der Waals surface area contributed by atoms with Crippen molar-refractivity contribution in [1.29, 1.82) is 0 Å². The summed E-state index contributed by atoms with van der Waals surface area (Å²) in [7, 11) is 0. The molecule has 2 N–H and O–H groups in total. The molecule has 0 aliphatic carbocycles. The zero-order chi connectivity index (χ0) is 15.0. The van der Waals surface area contributed by atoms with E-state index in [1.807, 2.05) is 9.80 Å². The Morgan fingerprint density at radius 1 is 1.19 bits per heavy atom. The molecule has 21 heavy (non-hydrogen) atoms. The Kier molecular flexibility index (Phi) is 10.4. The van der Waals surface area contributed by atoms with Crippen LogP contribution in [-0.4, -0.2) is 54.3 Å². The van der Waals surface area contributed by atoms with E-state index >= 15 is 0 Å². The Labute approximate surface area is 134 Å². The molecule has 1 heterocycles. The highest BCUT2D eigenvalue weighted by atomic mass is 35.5. The van der Waals surface area contributed by atoms with Crippen LogP contribution in [0, 0.1) is 5.92 Å². The van der Waals surface area contributed by atoms with E-state index in [0.29, 0.717) is 25.3 Å². The van der Waals surface area contributed by atoms with Crippen LogP contribution in [0.2, 0.25) is 0 Å². The Hall–Kier alpha value is -0.810. The van der Waals surface area contributed by atoms with Crippen LogP contribution < -0.4 is 5.73 Å². The molecule has 124 valence electrons. The van der Waals surface area contributed by atoms with Crippen LogP contribution in [0.1, 0.15) is 46.0 Å². The summed E-state index contributed by atoms with van der Waals surface area (Å²) in [6, 6.07) is 0. The average molecular weight is 320 g/mol. The van der Waals surface area contributed by atoms with E-state index in [0.717, 1.165) is 45.4 Å². The molecular weight excluding hydrogens is 290 g/mol. The van der Waals surface area contributed by atoms with E-state index in [4.69, 9.17) is 5.73 Å². The van der Waals surface area contributed by atoms with E-state index in [1.54, 1.807) is 0 Å². The van der Waals surface area contributed by atoms with Crippen LogP contribution in [0.3, 0.4) is 0 Å². The summed E-state index contributed by atoms with van der Waals surface area (Å²) < 4.78 is 0. The highest BCUT2D eigenvalue weighted by Gasteiger charge is 2.25. The largest absolute Gasteiger partial charge is 0.343 e.